The van der Waals surface area contributed by atoms with E-state index < -0.39 is 40.7 Å². The van der Waals surface area contributed by atoms with Gasteiger partial charge in [-0.25, -0.2) is 8.78 Å². The van der Waals surface area contributed by atoms with Crippen LogP contribution in [-0.4, -0.2) is 37.0 Å². The first kappa shape index (κ1) is 15.2. The summed E-state index contributed by atoms with van der Waals surface area (Å²) in [7, 11) is 1.27. The molecule has 0 bridgehead atoms. The zero-order valence-corrected chi connectivity index (χ0v) is 11.7. The second kappa shape index (κ2) is 5.67. The molecule has 1 saturated heterocycles. The number of carbonyl (C=O) groups excluding carboxylic acids is 2. The Morgan fingerprint density at radius 3 is 2.62 bits per heavy atom. The second-order valence-corrected chi connectivity index (χ2v) is 5.17. The van der Waals surface area contributed by atoms with Crippen LogP contribution in [0, 0.1) is 23.5 Å². The summed E-state index contributed by atoms with van der Waals surface area (Å²) in [6, 6.07) is 1.63. The van der Waals surface area contributed by atoms with E-state index in [1.54, 1.807) is 6.92 Å². The Labute approximate surface area is 120 Å². The number of ether oxygens (including phenoxy) is 1. The van der Waals surface area contributed by atoms with Crippen LogP contribution in [0.25, 0.3) is 0 Å². The standard InChI is InChI=1S/C14H16F2N2O3/c1-7-5-18(6-10(7)14(20)21-2)13(19)9-3-8(15)4-11(17)12(9)16/h3-4,7,10H,5-6,17H2,1-2H3. The van der Waals surface area contributed by atoms with Gasteiger partial charge in [0.05, 0.1) is 24.3 Å². The van der Waals surface area contributed by atoms with Crippen molar-refractivity contribution in [1.82, 2.24) is 4.90 Å². The zero-order valence-electron chi connectivity index (χ0n) is 11.7. The van der Waals surface area contributed by atoms with Gasteiger partial charge in [-0.15, -0.1) is 0 Å². The number of nitrogens with zero attached hydrogens (tertiary/aromatic N) is 1. The van der Waals surface area contributed by atoms with Crippen molar-refractivity contribution in [1.29, 1.82) is 0 Å². The Morgan fingerprint density at radius 2 is 2.00 bits per heavy atom. The normalized spacial score (nSPS) is 21.4. The van der Waals surface area contributed by atoms with Gasteiger partial charge < -0.3 is 15.4 Å². The van der Waals surface area contributed by atoms with E-state index in [9.17, 15) is 18.4 Å². The molecule has 1 fully saturated rings. The Bertz CT molecular complexity index is 592. The summed E-state index contributed by atoms with van der Waals surface area (Å²) >= 11 is 0. The Hall–Kier alpha value is -2.18. The highest BCUT2D eigenvalue weighted by atomic mass is 19.1. The van der Waals surface area contributed by atoms with E-state index in [2.05, 4.69) is 4.74 Å². The highest BCUT2D eigenvalue weighted by Crippen LogP contribution is 2.27. The van der Waals surface area contributed by atoms with Crippen molar-refractivity contribution in [2.24, 2.45) is 11.8 Å². The van der Waals surface area contributed by atoms with Gasteiger partial charge in [0, 0.05) is 13.1 Å². The maximum Gasteiger partial charge on any atom is 0.310 e. The molecule has 0 radical (unpaired) electrons. The first-order chi connectivity index (χ1) is 9.85. The highest BCUT2D eigenvalue weighted by molar-refractivity contribution is 5.96. The fraction of sp³-hybridized carbons (Fsp3) is 0.429. The van der Waals surface area contributed by atoms with E-state index >= 15 is 0 Å². The van der Waals surface area contributed by atoms with E-state index in [1.165, 1.54) is 12.0 Å². The molecule has 0 aromatic heterocycles. The highest BCUT2D eigenvalue weighted by Gasteiger charge is 2.38. The van der Waals surface area contributed by atoms with E-state index in [0.29, 0.717) is 0 Å². The van der Waals surface area contributed by atoms with E-state index in [-0.39, 0.29) is 19.0 Å². The number of carbonyl (C=O) groups is 2. The quantitative estimate of drug-likeness (QED) is 0.662. The number of likely N-dealkylation sites (tertiary alicyclic amines) is 1. The molecule has 21 heavy (non-hydrogen) atoms. The van der Waals surface area contributed by atoms with Gasteiger partial charge in [-0.3, -0.25) is 9.59 Å². The number of hydrogen-bond donors (Lipinski definition) is 1. The van der Waals surface area contributed by atoms with Crippen LogP contribution in [0.5, 0.6) is 0 Å². The Morgan fingerprint density at radius 1 is 1.33 bits per heavy atom. The molecule has 0 spiro atoms. The van der Waals surface area contributed by atoms with Crippen LogP contribution in [0.4, 0.5) is 14.5 Å². The van der Waals surface area contributed by atoms with Gasteiger partial charge in [0.1, 0.15) is 5.82 Å². The maximum absolute atomic E-state index is 13.9. The van der Waals surface area contributed by atoms with Crippen molar-refractivity contribution in [2.45, 2.75) is 6.92 Å². The molecule has 2 atom stereocenters. The molecule has 1 amide bonds. The molecule has 1 aromatic carbocycles. The molecule has 1 heterocycles. The number of methoxy groups -OCH3 is 1. The number of rotatable bonds is 2. The molecular formula is C14H16F2N2O3. The number of amides is 1. The number of esters is 1. The molecule has 2 rings (SSSR count). The molecule has 0 saturated carbocycles. The van der Waals surface area contributed by atoms with E-state index in [1.807, 2.05) is 0 Å². The molecule has 2 N–H and O–H groups in total. The summed E-state index contributed by atoms with van der Waals surface area (Å²) in [6.07, 6.45) is 0. The minimum absolute atomic E-state index is 0.114. The van der Waals surface area contributed by atoms with Gasteiger partial charge in [0.15, 0.2) is 5.82 Å². The fourth-order valence-corrected chi connectivity index (χ4v) is 2.53. The summed E-state index contributed by atoms with van der Waals surface area (Å²) in [5.41, 5.74) is 4.48. The molecule has 0 aliphatic carbocycles. The summed E-state index contributed by atoms with van der Waals surface area (Å²) in [4.78, 5) is 25.2. The van der Waals surface area contributed by atoms with Crippen LogP contribution >= 0.6 is 0 Å². The van der Waals surface area contributed by atoms with Gasteiger partial charge in [-0.05, 0) is 18.1 Å². The third kappa shape index (κ3) is 2.81. The maximum atomic E-state index is 13.9. The SMILES string of the molecule is COC(=O)C1CN(C(=O)c2cc(F)cc(N)c2F)CC1C. The van der Waals surface area contributed by atoms with Crippen LogP contribution in [-0.2, 0) is 9.53 Å². The first-order valence-corrected chi connectivity index (χ1v) is 6.46. The summed E-state index contributed by atoms with van der Waals surface area (Å²) in [6.45, 7) is 2.18. The predicted octanol–water partition coefficient (Wildman–Crippen LogP) is 1.43. The molecule has 7 heteroatoms. The summed E-state index contributed by atoms with van der Waals surface area (Å²) in [5.74, 6) is -3.41. The lowest BCUT2D eigenvalue weighted by Gasteiger charge is -2.17. The lowest BCUT2D eigenvalue weighted by atomic mass is 9.99. The second-order valence-electron chi connectivity index (χ2n) is 5.17. The lowest BCUT2D eigenvalue weighted by molar-refractivity contribution is -0.146. The van der Waals surface area contributed by atoms with Gasteiger partial charge in [0.2, 0.25) is 0 Å². The van der Waals surface area contributed by atoms with Crippen molar-refractivity contribution in [3.8, 4) is 0 Å². The average Bonchev–Trinajstić information content (AvgIpc) is 2.83. The summed E-state index contributed by atoms with van der Waals surface area (Å²) < 4.78 is 31.8. The predicted molar refractivity (Wildman–Crippen MR) is 71.3 cm³/mol. The zero-order chi connectivity index (χ0) is 15.7. The number of nitrogens with two attached hydrogens (primary N) is 1. The smallest absolute Gasteiger partial charge is 0.310 e. The molecule has 1 aliphatic heterocycles. The number of benzene rings is 1. The third-order valence-electron chi connectivity index (χ3n) is 3.70. The molecule has 114 valence electrons. The molecular weight excluding hydrogens is 282 g/mol. The topological polar surface area (TPSA) is 72.6 Å². The van der Waals surface area contributed by atoms with Crippen LogP contribution in [0.2, 0.25) is 0 Å². The molecule has 1 aliphatic rings. The Balaban J connectivity index is 2.24. The van der Waals surface area contributed by atoms with E-state index in [0.717, 1.165) is 12.1 Å². The largest absolute Gasteiger partial charge is 0.469 e. The minimum Gasteiger partial charge on any atom is -0.469 e. The van der Waals surface area contributed by atoms with Gasteiger partial charge in [0.25, 0.3) is 5.91 Å². The number of halogens is 2. The van der Waals surface area contributed by atoms with Gasteiger partial charge >= 0.3 is 5.97 Å². The monoisotopic (exact) mass is 298 g/mol. The van der Waals surface area contributed by atoms with Gasteiger partial charge in [-0.2, -0.15) is 0 Å². The van der Waals surface area contributed by atoms with Crippen molar-refractivity contribution in [3.05, 3.63) is 29.3 Å². The lowest BCUT2D eigenvalue weighted by Crippen LogP contribution is -2.31. The first-order valence-electron chi connectivity index (χ1n) is 6.46. The van der Waals surface area contributed by atoms with Crippen LogP contribution in [0.1, 0.15) is 17.3 Å². The average molecular weight is 298 g/mol. The molecule has 1 aromatic rings. The van der Waals surface area contributed by atoms with Crippen molar-refractivity contribution < 1.29 is 23.1 Å². The van der Waals surface area contributed by atoms with Crippen molar-refractivity contribution >= 4 is 17.6 Å². The minimum atomic E-state index is -0.949. The van der Waals surface area contributed by atoms with Crippen LogP contribution in [0.15, 0.2) is 12.1 Å². The summed E-state index contributed by atoms with van der Waals surface area (Å²) in [5, 5.41) is 0. The third-order valence-corrected chi connectivity index (χ3v) is 3.70. The molecule has 5 nitrogen and oxygen atoms in total. The van der Waals surface area contributed by atoms with Crippen molar-refractivity contribution in [3.63, 3.8) is 0 Å². The Kier molecular flexibility index (Phi) is 4.11. The number of anilines is 1. The van der Waals surface area contributed by atoms with Gasteiger partial charge in [-0.1, -0.05) is 6.92 Å². The van der Waals surface area contributed by atoms with Crippen LogP contribution < -0.4 is 5.73 Å². The van der Waals surface area contributed by atoms with E-state index in [4.69, 9.17) is 5.73 Å². The fourth-order valence-electron chi connectivity index (χ4n) is 2.53. The number of hydrogen-bond acceptors (Lipinski definition) is 4. The number of nitrogen functional groups attached to an aromatic ring is 1. The van der Waals surface area contributed by atoms with Crippen LogP contribution in [0.3, 0.4) is 0 Å². The van der Waals surface area contributed by atoms with Crippen molar-refractivity contribution in [2.75, 3.05) is 25.9 Å². The molecule has 2 unspecified atom stereocenters.